The zero-order chi connectivity index (χ0) is 17.9. The molecule has 1 amide bonds. The molecule has 2 aromatic carbocycles. The minimum absolute atomic E-state index is 0. The fourth-order valence-corrected chi connectivity index (χ4v) is 2.40. The van der Waals surface area contributed by atoms with Crippen LogP contribution in [0.5, 0.6) is 5.75 Å². The molecule has 5 nitrogen and oxygen atoms in total. The van der Waals surface area contributed by atoms with Crippen LogP contribution in [0.4, 0.5) is 0 Å². The summed E-state index contributed by atoms with van der Waals surface area (Å²) in [6.45, 7) is 3.06. The van der Waals surface area contributed by atoms with Gasteiger partial charge in [-0.2, -0.15) is 0 Å². The number of carbonyl (C=O) groups excluding carboxylic acids is 1. The molecule has 2 aromatic rings. The summed E-state index contributed by atoms with van der Waals surface area (Å²) in [6, 6.07) is 14.6. The third-order valence-corrected chi connectivity index (χ3v) is 3.70. The van der Waals surface area contributed by atoms with Gasteiger partial charge < -0.3 is 20.1 Å². The molecule has 2 N–H and O–H groups in total. The second-order valence-electron chi connectivity index (χ2n) is 5.45. The summed E-state index contributed by atoms with van der Waals surface area (Å²) in [5, 5.41) is 6.72. The van der Waals surface area contributed by atoms with E-state index >= 15 is 0 Å². The molecule has 142 valence electrons. The van der Waals surface area contributed by atoms with Crippen LogP contribution >= 0.6 is 24.0 Å². The molecule has 0 aliphatic carbocycles. The third kappa shape index (κ3) is 8.06. The van der Waals surface area contributed by atoms with Gasteiger partial charge in [0.05, 0.1) is 6.61 Å². The quantitative estimate of drug-likeness (QED) is 0.602. The van der Waals surface area contributed by atoms with Crippen LogP contribution in [0, 0.1) is 0 Å². The predicted molar refractivity (Wildman–Crippen MR) is 107 cm³/mol. The van der Waals surface area contributed by atoms with Gasteiger partial charge in [-0.15, -0.1) is 12.4 Å². The number of methoxy groups -OCH3 is 1. The molecule has 0 atom stereocenters. The Hall–Kier alpha value is -1.79. The topological polar surface area (TPSA) is 59.6 Å². The fraction of sp³-hybridized carbons (Fsp3) is 0.316. The Labute approximate surface area is 165 Å². The van der Waals surface area contributed by atoms with Crippen LogP contribution in [0.25, 0.3) is 0 Å². The number of benzene rings is 2. The van der Waals surface area contributed by atoms with Crippen LogP contribution in [-0.2, 0) is 11.3 Å². The molecule has 0 aromatic heterocycles. The van der Waals surface area contributed by atoms with Crippen LogP contribution in [0.3, 0.4) is 0 Å². The molecule has 0 heterocycles. The van der Waals surface area contributed by atoms with Crippen LogP contribution in [0.2, 0.25) is 5.02 Å². The van der Waals surface area contributed by atoms with E-state index in [9.17, 15) is 4.79 Å². The lowest BCUT2D eigenvalue weighted by molar-refractivity contribution is 0.0953. The Morgan fingerprint density at radius 2 is 1.88 bits per heavy atom. The highest BCUT2D eigenvalue weighted by Crippen LogP contribution is 2.17. The number of halogens is 2. The van der Waals surface area contributed by atoms with Crippen molar-refractivity contribution < 1.29 is 14.3 Å². The van der Waals surface area contributed by atoms with Crippen molar-refractivity contribution in [1.82, 2.24) is 10.6 Å². The van der Waals surface area contributed by atoms with Crippen LogP contribution in [-0.4, -0.2) is 39.3 Å². The molecule has 26 heavy (non-hydrogen) atoms. The van der Waals surface area contributed by atoms with Crippen molar-refractivity contribution in [2.45, 2.75) is 6.61 Å². The first-order valence-corrected chi connectivity index (χ1v) is 8.52. The number of amides is 1. The molecule has 0 aliphatic rings. The van der Waals surface area contributed by atoms with Crippen LogP contribution < -0.4 is 15.4 Å². The zero-order valence-electron chi connectivity index (χ0n) is 14.7. The molecular formula is C19H24Cl2N2O3. The van der Waals surface area contributed by atoms with Gasteiger partial charge in [0.2, 0.25) is 0 Å². The largest absolute Gasteiger partial charge is 0.489 e. The van der Waals surface area contributed by atoms with Crippen molar-refractivity contribution in [2.75, 3.05) is 33.4 Å². The molecule has 0 spiro atoms. The van der Waals surface area contributed by atoms with E-state index in [1.165, 1.54) is 0 Å². The summed E-state index contributed by atoms with van der Waals surface area (Å²) in [5.41, 5.74) is 1.55. The molecular weight excluding hydrogens is 375 g/mol. The smallest absolute Gasteiger partial charge is 0.251 e. The van der Waals surface area contributed by atoms with Crippen molar-refractivity contribution >= 4 is 29.9 Å². The van der Waals surface area contributed by atoms with E-state index in [1.54, 1.807) is 25.3 Å². The molecule has 0 saturated heterocycles. The average molecular weight is 399 g/mol. The lowest BCUT2D eigenvalue weighted by Crippen LogP contribution is -2.33. The molecule has 2 rings (SSSR count). The van der Waals surface area contributed by atoms with Gasteiger partial charge in [-0.1, -0.05) is 29.8 Å². The van der Waals surface area contributed by atoms with Crippen LogP contribution in [0.15, 0.2) is 48.5 Å². The highest BCUT2D eigenvalue weighted by atomic mass is 35.5. The second kappa shape index (κ2) is 12.5. The third-order valence-electron chi connectivity index (χ3n) is 3.46. The van der Waals surface area contributed by atoms with Gasteiger partial charge in [-0.05, 0) is 35.9 Å². The van der Waals surface area contributed by atoms with E-state index in [1.807, 2.05) is 30.3 Å². The van der Waals surface area contributed by atoms with E-state index in [2.05, 4.69) is 10.6 Å². The van der Waals surface area contributed by atoms with Crippen molar-refractivity contribution in [3.05, 3.63) is 64.7 Å². The maximum Gasteiger partial charge on any atom is 0.251 e. The Morgan fingerprint density at radius 3 is 2.65 bits per heavy atom. The monoisotopic (exact) mass is 398 g/mol. The van der Waals surface area contributed by atoms with Crippen molar-refractivity contribution in [1.29, 1.82) is 0 Å². The van der Waals surface area contributed by atoms with E-state index in [-0.39, 0.29) is 18.3 Å². The number of ether oxygens (including phenoxy) is 2. The number of rotatable bonds is 10. The summed E-state index contributed by atoms with van der Waals surface area (Å²) in [7, 11) is 1.66. The minimum atomic E-state index is -0.123. The second-order valence-corrected chi connectivity index (χ2v) is 5.88. The number of carbonyl (C=O) groups is 1. The molecule has 0 fully saturated rings. The van der Waals surface area contributed by atoms with Gasteiger partial charge in [-0.3, -0.25) is 4.79 Å². The summed E-state index contributed by atoms with van der Waals surface area (Å²) in [4.78, 5) is 12.2. The predicted octanol–water partition coefficient (Wildman–Crippen LogP) is 3.31. The number of hydrogen-bond donors (Lipinski definition) is 2. The highest BCUT2D eigenvalue weighted by molar-refractivity contribution is 6.30. The molecule has 0 unspecified atom stereocenters. The van der Waals surface area contributed by atoms with Crippen molar-refractivity contribution in [2.24, 2.45) is 0 Å². The summed E-state index contributed by atoms with van der Waals surface area (Å²) >= 11 is 5.96. The lowest BCUT2D eigenvalue weighted by atomic mass is 10.2. The lowest BCUT2D eigenvalue weighted by Gasteiger charge is -2.09. The Bertz CT molecular complexity index is 683. The molecule has 0 radical (unpaired) electrons. The number of hydrogen-bond acceptors (Lipinski definition) is 4. The van der Waals surface area contributed by atoms with E-state index in [0.29, 0.717) is 42.6 Å². The summed E-state index contributed by atoms with van der Waals surface area (Å²) < 4.78 is 10.7. The van der Waals surface area contributed by atoms with Crippen LogP contribution in [0.1, 0.15) is 15.9 Å². The number of nitrogens with one attached hydrogen (secondary N) is 2. The maximum absolute atomic E-state index is 12.2. The van der Waals surface area contributed by atoms with Crippen molar-refractivity contribution in [3.63, 3.8) is 0 Å². The Balaban J connectivity index is 0.00000338. The first-order valence-electron chi connectivity index (χ1n) is 8.14. The summed E-state index contributed by atoms with van der Waals surface area (Å²) in [5.74, 6) is 0.521. The van der Waals surface area contributed by atoms with Gasteiger partial charge in [0.1, 0.15) is 12.4 Å². The van der Waals surface area contributed by atoms with E-state index in [0.717, 1.165) is 12.1 Å². The highest BCUT2D eigenvalue weighted by Gasteiger charge is 2.06. The van der Waals surface area contributed by atoms with Gasteiger partial charge in [0, 0.05) is 37.3 Å². The first kappa shape index (κ1) is 22.3. The van der Waals surface area contributed by atoms with E-state index < -0.39 is 0 Å². The maximum atomic E-state index is 12.2. The van der Waals surface area contributed by atoms with Gasteiger partial charge >= 0.3 is 0 Å². The van der Waals surface area contributed by atoms with Gasteiger partial charge in [0.25, 0.3) is 5.91 Å². The Morgan fingerprint density at radius 1 is 1.08 bits per heavy atom. The average Bonchev–Trinajstić information content (AvgIpc) is 2.63. The van der Waals surface area contributed by atoms with Gasteiger partial charge in [0.15, 0.2) is 0 Å². The fourth-order valence-electron chi connectivity index (χ4n) is 2.19. The molecule has 7 heteroatoms. The van der Waals surface area contributed by atoms with Crippen molar-refractivity contribution in [3.8, 4) is 5.75 Å². The SMILES string of the molecule is COCCNCCNC(=O)c1cccc(OCc2cccc(Cl)c2)c1.Cl. The standard InChI is InChI=1S/C19H23ClN2O3.ClH/c1-24-11-10-21-8-9-22-19(23)16-5-3-7-18(13-16)25-14-15-4-2-6-17(20)12-15;/h2-7,12-13,21H,8-11,14H2,1H3,(H,22,23);1H. The van der Waals surface area contributed by atoms with E-state index in [4.69, 9.17) is 21.1 Å². The summed E-state index contributed by atoms with van der Waals surface area (Å²) in [6.07, 6.45) is 0. The Kier molecular flexibility index (Phi) is 10.7. The van der Waals surface area contributed by atoms with Gasteiger partial charge in [-0.25, -0.2) is 0 Å². The zero-order valence-corrected chi connectivity index (χ0v) is 16.2. The minimum Gasteiger partial charge on any atom is -0.489 e. The first-order chi connectivity index (χ1) is 12.2. The normalized spacial score (nSPS) is 10.1. The molecule has 0 saturated carbocycles. The molecule has 0 aliphatic heterocycles. The molecule has 0 bridgehead atoms.